The molecule has 2 fully saturated rings. The Hall–Kier alpha value is -1.43. The molecule has 2 aliphatic rings. The molecule has 20 heavy (non-hydrogen) atoms. The Balaban J connectivity index is 1.60. The Morgan fingerprint density at radius 3 is 2.85 bits per heavy atom. The zero-order chi connectivity index (χ0) is 13.9. The van der Waals surface area contributed by atoms with Crippen LogP contribution in [0.4, 0.5) is 0 Å². The van der Waals surface area contributed by atoms with E-state index in [1.54, 1.807) is 0 Å². The van der Waals surface area contributed by atoms with Crippen LogP contribution in [0.3, 0.4) is 0 Å². The summed E-state index contributed by atoms with van der Waals surface area (Å²) in [4.78, 5) is 14.3. The molecule has 5 heteroatoms. The molecule has 0 aliphatic carbocycles. The highest BCUT2D eigenvalue weighted by Gasteiger charge is 2.46. The fourth-order valence-electron chi connectivity index (χ4n) is 3.14. The van der Waals surface area contributed by atoms with Crippen LogP contribution in [0.2, 0.25) is 0 Å². The Kier molecular flexibility index (Phi) is 4.00. The average molecular weight is 275 g/mol. The number of rotatable bonds is 4. The molecule has 2 saturated heterocycles. The van der Waals surface area contributed by atoms with Crippen LogP contribution in [0.5, 0.6) is 0 Å². The van der Waals surface area contributed by atoms with E-state index >= 15 is 0 Å². The molecule has 2 heterocycles. The Morgan fingerprint density at radius 1 is 1.30 bits per heavy atom. The molecule has 0 spiro atoms. The smallest absolute Gasteiger partial charge is 0.324 e. The van der Waals surface area contributed by atoms with Crippen LogP contribution in [0.25, 0.3) is 0 Å². The second-order valence-electron chi connectivity index (χ2n) is 5.47. The molecule has 3 rings (SSSR count). The van der Waals surface area contributed by atoms with Gasteiger partial charge in [0.25, 0.3) is 0 Å². The van der Waals surface area contributed by atoms with Crippen molar-refractivity contribution in [1.29, 1.82) is 0 Å². The van der Waals surface area contributed by atoms with Crippen molar-refractivity contribution in [3.05, 3.63) is 35.9 Å². The van der Waals surface area contributed by atoms with Gasteiger partial charge in [-0.3, -0.25) is 15.1 Å². The Labute approximate surface area is 119 Å². The van der Waals surface area contributed by atoms with Gasteiger partial charge in [0.1, 0.15) is 6.04 Å². The third kappa shape index (κ3) is 2.70. The largest absolute Gasteiger partial charge is 0.465 e. The summed E-state index contributed by atoms with van der Waals surface area (Å²) in [5.74, 6) is 0.145. The van der Waals surface area contributed by atoms with E-state index in [1.807, 2.05) is 13.0 Å². The fourth-order valence-corrected chi connectivity index (χ4v) is 3.14. The van der Waals surface area contributed by atoms with Gasteiger partial charge in [0.2, 0.25) is 0 Å². The van der Waals surface area contributed by atoms with Gasteiger partial charge in [-0.25, -0.2) is 5.43 Å². The zero-order valence-electron chi connectivity index (χ0n) is 11.7. The average Bonchev–Trinajstić information content (AvgIpc) is 2.99. The number of hydrazine groups is 1. The van der Waals surface area contributed by atoms with Crippen LogP contribution in [-0.4, -0.2) is 42.6 Å². The number of likely N-dealkylation sites (tertiary alicyclic amines) is 1. The van der Waals surface area contributed by atoms with Gasteiger partial charge in [-0.1, -0.05) is 30.3 Å². The molecule has 1 aromatic rings. The summed E-state index contributed by atoms with van der Waals surface area (Å²) in [6, 6.07) is 10.5. The summed E-state index contributed by atoms with van der Waals surface area (Å²) in [5, 5.41) is 0. The van der Waals surface area contributed by atoms with Gasteiger partial charge in [-0.2, -0.15) is 0 Å². The van der Waals surface area contributed by atoms with Crippen molar-refractivity contribution in [2.45, 2.75) is 25.6 Å². The monoisotopic (exact) mass is 275 g/mol. The minimum absolute atomic E-state index is 0.144. The molecule has 0 radical (unpaired) electrons. The zero-order valence-corrected chi connectivity index (χ0v) is 11.7. The first-order valence-electron chi connectivity index (χ1n) is 7.22. The van der Waals surface area contributed by atoms with Crippen LogP contribution in [-0.2, 0) is 16.1 Å². The molecule has 3 atom stereocenters. The number of fused-ring (bicyclic) bond motifs is 1. The van der Waals surface area contributed by atoms with E-state index in [0.717, 1.165) is 19.6 Å². The molecule has 0 aromatic heterocycles. The molecule has 0 bridgehead atoms. The lowest BCUT2D eigenvalue weighted by molar-refractivity contribution is -0.146. The number of carbonyl (C=O) groups is 1. The lowest BCUT2D eigenvalue weighted by atomic mass is 9.98. The first-order chi connectivity index (χ1) is 9.78. The normalized spacial score (nSPS) is 29.4. The summed E-state index contributed by atoms with van der Waals surface area (Å²) in [5.41, 5.74) is 7.62. The number of carbonyl (C=O) groups excluding carboxylic acids is 1. The lowest BCUT2D eigenvalue weighted by Crippen LogP contribution is -2.43. The maximum absolute atomic E-state index is 11.9. The van der Waals surface area contributed by atoms with Gasteiger partial charge in [0, 0.05) is 31.6 Å². The fraction of sp³-hybridized carbons (Fsp3) is 0.533. The highest BCUT2D eigenvalue weighted by atomic mass is 16.5. The topological polar surface area (TPSA) is 53.6 Å². The van der Waals surface area contributed by atoms with Crippen LogP contribution < -0.4 is 10.9 Å². The number of nitrogens with zero attached hydrogens (tertiary/aromatic N) is 1. The number of hydrogen-bond donors (Lipinski definition) is 2. The highest BCUT2D eigenvalue weighted by molar-refractivity contribution is 5.76. The van der Waals surface area contributed by atoms with Crippen molar-refractivity contribution in [3.8, 4) is 0 Å². The first kappa shape index (κ1) is 13.5. The van der Waals surface area contributed by atoms with Crippen molar-refractivity contribution in [2.24, 2.45) is 5.92 Å². The van der Waals surface area contributed by atoms with Crippen LogP contribution in [0.1, 0.15) is 12.5 Å². The van der Waals surface area contributed by atoms with Gasteiger partial charge < -0.3 is 4.74 Å². The molecule has 5 nitrogen and oxygen atoms in total. The summed E-state index contributed by atoms with van der Waals surface area (Å²) in [6.07, 6.45) is 0. The minimum atomic E-state index is -0.222. The molecule has 2 aliphatic heterocycles. The van der Waals surface area contributed by atoms with Crippen molar-refractivity contribution in [3.63, 3.8) is 0 Å². The van der Waals surface area contributed by atoms with Gasteiger partial charge in [-0.15, -0.1) is 0 Å². The van der Waals surface area contributed by atoms with E-state index in [1.165, 1.54) is 5.56 Å². The van der Waals surface area contributed by atoms with E-state index in [2.05, 4.69) is 40.0 Å². The van der Waals surface area contributed by atoms with Crippen molar-refractivity contribution in [2.75, 3.05) is 19.7 Å². The molecule has 108 valence electrons. The van der Waals surface area contributed by atoms with E-state index in [0.29, 0.717) is 12.6 Å². The number of benzene rings is 1. The first-order valence-corrected chi connectivity index (χ1v) is 7.22. The van der Waals surface area contributed by atoms with Gasteiger partial charge in [0.15, 0.2) is 0 Å². The maximum Gasteiger partial charge on any atom is 0.324 e. The summed E-state index contributed by atoms with van der Waals surface area (Å²) in [6.45, 7) is 5.09. The second-order valence-corrected chi connectivity index (χ2v) is 5.47. The molecule has 0 saturated carbocycles. The molecular weight excluding hydrogens is 254 g/mol. The molecular formula is C15H21N3O2. The Morgan fingerprint density at radius 2 is 2.10 bits per heavy atom. The molecule has 1 aromatic carbocycles. The SMILES string of the molecule is CCOC(=O)C1NNC2CN(Cc3ccccc3)CC21. The minimum Gasteiger partial charge on any atom is -0.465 e. The molecule has 0 amide bonds. The number of ether oxygens (including phenoxy) is 1. The van der Waals surface area contributed by atoms with Gasteiger partial charge in [-0.05, 0) is 12.5 Å². The van der Waals surface area contributed by atoms with E-state index in [9.17, 15) is 4.79 Å². The quantitative estimate of drug-likeness (QED) is 0.785. The summed E-state index contributed by atoms with van der Waals surface area (Å²) >= 11 is 0. The standard InChI is InChI=1S/C15H21N3O2/c1-2-20-15(19)14-12-9-18(10-13(12)16-17-14)8-11-6-4-3-5-7-11/h3-7,12-14,16-17H,2,8-10H2,1H3. The van der Waals surface area contributed by atoms with Crippen LogP contribution in [0, 0.1) is 5.92 Å². The van der Waals surface area contributed by atoms with Crippen molar-refractivity contribution >= 4 is 5.97 Å². The third-order valence-corrected chi connectivity index (χ3v) is 4.08. The number of nitrogens with one attached hydrogen (secondary N) is 2. The van der Waals surface area contributed by atoms with E-state index in [4.69, 9.17) is 4.74 Å². The lowest BCUT2D eigenvalue weighted by Gasteiger charge is -2.19. The third-order valence-electron chi connectivity index (χ3n) is 4.08. The predicted molar refractivity (Wildman–Crippen MR) is 75.7 cm³/mol. The number of esters is 1. The van der Waals surface area contributed by atoms with Gasteiger partial charge in [0.05, 0.1) is 6.61 Å². The maximum atomic E-state index is 11.9. The van der Waals surface area contributed by atoms with E-state index < -0.39 is 0 Å². The van der Waals surface area contributed by atoms with Gasteiger partial charge >= 0.3 is 5.97 Å². The van der Waals surface area contributed by atoms with Crippen molar-refractivity contribution < 1.29 is 9.53 Å². The summed E-state index contributed by atoms with van der Waals surface area (Å²) in [7, 11) is 0. The van der Waals surface area contributed by atoms with Crippen LogP contribution >= 0.6 is 0 Å². The predicted octanol–water partition coefficient (Wildman–Crippen LogP) is 0.527. The van der Waals surface area contributed by atoms with Crippen molar-refractivity contribution in [1.82, 2.24) is 15.8 Å². The summed E-state index contributed by atoms with van der Waals surface area (Å²) < 4.78 is 5.13. The number of hydrogen-bond acceptors (Lipinski definition) is 5. The highest BCUT2D eigenvalue weighted by Crippen LogP contribution is 2.26. The molecule has 2 N–H and O–H groups in total. The van der Waals surface area contributed by atoms with E-state index in [-0.39, 0.29) is 17.9 Å². The Bertz CT molecular complexity index is 465. The molecule has 3 unspecified atom stereocenters. The van der Waals surface area contributed by atoms with Crippen LogP contribution in [0.15, 0.2) is 30.3 Å². The second kappa shape index (κ2) is 5.91.